The summed E-state index contributed by atoms with van der Waals surface area (Å²) >= 11 is 0. The third-order valence-electron chi connectivity index (χ3n) is 4.71. The van der Waals surface area contributed by atoms with Crippen molar-refractivity contribution in [2.75, 3.05) is 0 Å². The van der Waals surface area contributed by atoms with Crippen LogP contribution in [-0.4, -0.2) is 11.9 Å². The van der Waals surface area contributed by atoms with E-state index in [9.17, 15) is 4.79 Å². The van der Waals surface area contributed by atoms with Crippen molar-refractivity contribution in [2.24, 2.45) is 4.99 Å². The molecule has 0 aromatic heterocycles. The van der Waals surface area contributed by atoms with E-state index in [1.54, 1.807) is 6.08 Å². The highest BCUT2D eigenvalue weighted by Gasteiger charge is 2.24. The van der Waals surface area contributed by atoms with Gasteiger partial charge >= 0.3 is 5.97 Å². The number of hydrogen-bond acceptors (Lipinski definition) is 4. The zero-order valence-corrected chi connectivity index (χ0v) is 16.4. The van der Waals surface area contributed by atoms with Gasteiger partial charge in [-0.25, -0.2) is 9.79 Å². The number of nitrogens with zero attached hydrogens (tertiary/aromatic N) is 1. The first-order valence-electron chi connectivity index (χ1n) is 9.45. The van der Waals surface area contributed by atoms with E-state index in [0.717, 1.165) is 28.0 Å². The number of aliphatic imine (C=N–C) groups is 1. The van der Waals surface area contributed by atoms with Gasteiger partial charge in [0.15, 0.2) is 5.70 Å². The number of aryl methyl sites for hydroxylation is 2. The van der Waals surface area contributed by atoms with E-state index >= 15 is 0 Å². The largest absolute Gasteiger partial charge is 0.489 e. The number of hydrogen-bond donors (Lipinski definition) is 0. The van der Waals surface area contributed by atoms with Crippen LogP contribution < -0.4 is 4.74 Å². The van der Waals surface area contributed by atoms with Gasteiger partial charge in [0.2, 0.25) is 5.90 Å². The molecule has 0 saturated carbocycles. The van der Waals surface area contributed by atoms with Gasteiger partial charge in [-0.3, -0.25) is 0 Å². The van der Waals surface area contributed by atoms with Gasteiger partial charge in [0, 0.05) is 5.56 Å². The Kier molecular flexibility index (Phi) is 5.25. The number of rotatable bonds is 5. The van der Waals surface area contributed by atoms with E-state index in [1.807, 2.05) is 55.5 Å². The van der Waals surface area contributed by atoms with E-state index in [0.29, 0.717) is 12.5 Å². The van der Waals surface area contributed by atoms with Gasteiger partial charge in [-0.05, 0) is 54.8 Å². The summed E-state index contributed by atoms with van der Waals surface area (Å²) in [6.45, 7) is 4.53. The van der Waals surface area contributed by atoms with E-state index in [4.69, 9.17) is 9.47 Å². The van der Waals surface area contributed by atoms with Gasteiger partial charge in [0.05, 0.1) is 0 Å². The molecule has 1 aliphatic heterocycles. The van der Waals surface area contributed by atoms with Crippen molar-refractivity contribution >= 4 is 17.9 Å². The molecule has 1 aliphatic rings. The fourth-order valence-electron chi connectivity index (χ4n) is 3.01. The summed E-state index contributed by atoms with van der Waals surface area (Å²) in [5.41, 5.74) is 5.32. The van der Waals surface area contributed by atoms with Gasteiger partial charge in [-0.1, -0.05) is 60.2 Å². The van der Waals surface area contributed by atoms with Gasteiger partial charge in [0.1, 0.15) is 12.4 Å². The molecule has 0 fully saturated rings. The lowest BCUT2D eigenvalue weighted by molar-refractivity contribution is -0.129. The molecule has 29 heavy (non-hydrogen) atoms. The Labute approximate surface area is 170 Å². The zero-order chi connectivity index (χ0) is 20.2. The second kappa shape index (κ2) is 8.15. The first-order chi connectivity index (χ1) is 14.1. The molecule has 0 aliphatic carbocycles. The number of benzene rings is 3. The molecule has 0 radical (unpaired) electrons. The van der Waals surface area contributed by atoms with Crippen molar-refractivity contribution in [1.29, 1.82) is 0 Å². The molecule has 0 bridgehead atoms. The molecule has 0 atom stereocenters. The Morgan fingerprint density at radius 3 is 2.38 bits per heavy atom. The van der Waals surface area contributed by atoms with Crippen molar-refractivity contribution < 1.29 is 14.3 Å². The third-order valence-corrected chi connectivity index (χ3v) is 4.71. The van der Waals surface area contributed by atoms with Crippen LogP contribution in [0.3, 0.4) is 0 Å². The molecule has 0 N–H and O–H groups in total. The van der Waals surface area contributed by atoms with E-state index in [1.165, 1.54) is 5.56 Å². The number of cyclic esters (lactones) is 1. The smallest absolute Gasteiger partial charge is 0.363 e. The van der Waals surface area contributed by atoms with Crippen LogP contribution in [0.25, 0.3) is 6.08 Å². The summed E-state index contributed by atoms with van der Waals surface area (Å²) in [6, 6.07) is 23.5. The van der Waals surface area contributed by atoms with Crippen LogP contribution in [0.2, 0.25) is 0 Å². The molecule has 144 valence electrons. The molecular formula is C25H21NO3. The molecule has 3 aromatic rings. The van der Waals surface area contributed by atoms with E-state index < -0.39 is 5.97 Å². The summed E-state index contributed by atoms with van der Waals surface area (Å²) in [4.78, 5) is 16.6. The fraction of sp³-hybridized carbons (Fsp3) is 0.120. The highest BCUT2D eigenvalue weighted by molar-refractivity contribution is 6.13. The molecule has 3 aromatic carbocycles. The minimum absolute atomic E-state index is 0.288. The topological polar surface area (TPSA) is 47.9 Å². The molecule has 1 heterocycles. The Morgan fingerprint density at radius 2 is 1.66 bits per heavy atom. The molecule has 0 amide bonds. The maximum absolute atomic E-state index is 12.2. The molecular weight excluding hydrogens is 362 g/mol. The number of ether oxygens (including phenoxy) is 2. The fourth-order valence-corrected chi connectivity index (χ4v) is 3.01. The minimum Gasteiger partial charge on any atom is -0.489 e. The van der Waals surface area contributed by atoms with Crippen molar-refractivity contribution in [3.63, 3.8) is 0 Å². The second-order valence-corrected chi connectivity index (χ2v) is 6.99. The van der Waals surface area contributed by atoms with Crippen LogP contribution >= 0.6 is 0 Å². The average molecular weight is 383 g/mol. The van der Waals surface area contributed by atoms with E-state index in [2.05, 4.69) is 36.2 Å². The predicted molar refractivity (Wildman–Crippen MR) is 114 cm³/mol. The highest BCUT2D eigenvalue weighted by Crippen LogP contribution is 2.22. The van der Waals surface area contributed by atoms with Crippen LogP contribution in [0.4, 0.5) is 0 Å². The Bertz CT molecular complexity index is 1090. The lowest BCUT2D eigenvalue weighted by Gasteiger charge is -2.07. The van der Waals surface area contributed by atoms with Crippen LogP contribution in [0, 0.1) is 13.8 Å². The number of carbonyl (C=O) groups excluding carboxylic acids is 1. The van der Waals surface area contributed by atoms with Crippen molar-refractivity contribution in [1.82, 2.24) is 0 Å². The maximum Gasteiger partial charge on any atom is 0.363 e. The standard InChI is InChI=1S/C25H21NO3/c1-17-7-9-20(10-8-17)16-28-21-13-11-19(12-14-21)15-23-25(27)29-24(26-23)22-6-4-3-5-18(22)2/h3-15H,16H2,1-2H3/b23-15-. The normalized spacial score (nSPS) is 14.6. The third kappa shape index (κ3) is 4.43. The Balaban J connectivity index is 1.46. The van der Waals surface area contributed by atoms with Gasteiger partial charge in [-0.2, -0.15) is 0 Å². The first kappa shape index (κ1) is 18.7. The monoisotopic (exact) mass is 383 g/mol. The maximum atomic E-state index is 12.2. The van der Waals surface area contributed by atoms with E-state index in [-0.39, 0.29) is 5.70 Å². The van der Waals surface area contributed by atoms with Crippen molar-refractivity contribution in [3.8, 4) is 5.75 Å². The van der Waals surface area contributed by atoms with Crippen molar-refractivity contribution in [3.05, 3.63) is 106 Å². The van der Waals surface area contributed by atoms with Gasteiger partial charge in [0.25, 0.3) is 0 Å². The number of carbonyl (C=O) groups is 1. The summed E-state index contributed by atoms with van der Waals surface area (Å²) in [5, 5.41) is 0. The van der Waals surface area contributed by atoms with Crippen molar-refractivity contribution in [2.45, 2.75) is 20.5 Å². The summed E-state index contributed by atoms with van der Waals surface area (Å²) in [6.07, 6.45) is 1.72. The predicted octanol–water partition coefficient (Wildman–Crippen LogP) is 5.23. The van der Waals surface area contributed by atoms with Gasteiger partial charge in [-0.15, -0.1) is 0 Å². The summed E-state index contributed by atoms with van der Waals surface area (Å²) in [5.74, 6) is 0.672. The van der Waals surface area contributed by atoms with Crippen LogP contribution in [0.15, 0.2) is 83.5 Å². The molecule has 0 saturated heterocycles. The van der Waals surface area contributed by atoms with Crippen LogP contribution in [0.1, 0.15) is 27.8 Å². The Morgan fingerprint density at radius 1 is 0.931 bits per heavy atom. The second-order valence-electron chi connectivity index (χ2n) is 6.99. The van der Waals surface area contributed by atoms with Gasteiger partial charge < -0.3 is 9.47 Å². The summed E-state index contributed by atoms with van der Waals surface area (Å²) < 4.78 is 11.2. The highest BCUT2D eigenvalue weighted by atomic mass is 16.6. The van der Waals surface area contributed by atoms with Crippen LogP contribution in [0.5, 0.6) is 5.75 Å². The Hall–Kier alpha value is -3.66. The molecule has 4 rings (SSSR count). The molecule has 4 heteroatoms. The quantitative estimate of drug-likeness (QED) is 0.448. The molecule has 0 unspecified atom stereocenters. The first-order valence-corrected chi connectivity index (χ1v) is 9.45. The van der Waals surface area contributed by atoms with Crippen LogP contribution in [-0.2, 0) is 16.1 Å². The lowest BCUT2D eigenvalue weighted by atomic mass is 10.1. The zero-order valence-electron chi connectivity index (χ0n) is 16.4. The SMILES string of the molecule is Cc1ccc(COc2ccc(/C=C3\N=C(c4ccccc4C)OC3=O)cc2)cc1. The number of esters is 1. The summed E-state index contributed by atoms with van der Waals surface area (Å²) in [7, 11) is 0. The minimum atomic E-state index is -0.442. The lowest BCUT2D eigenvalue weighted by Crippen LogP contribution is -2.06. The molecule has 4 nitrogen and oxygen atoms in total. The molecule has 0 spiro atoms. The average Bonchev–Trinajstić information content (AvgIpc) is 3.09.